The van der Waals surface area contributed by atoms with Gasteiger partial charge in [0, 0.05) is 25.2 Å². The van der Waals surface area contributed by atoms with Crippen LogP contribution in [-0.2, 0) is 18.0 Å². The first-order valence-electron chi connectivity index (χ1n) is 5.63. The Morgan fingerprint density at radius 2 is 2.19 bits per heavy atom. The van der Waals surface area contributed by atoms with E-state index in [-0.39, 0.29) is 0 Å². The van der Waals surface area contributed by atoms with E-state index in [1.165, 1.54) is 16.5 Å². The Kier molecular flexibility index (Phi) is 3.59. The predicted molar refractivity (Wildman–Crippen MR) is 66.3 cm³/mol. The van der Waals surface area contributed by atoms with Gasteiger partial charge in [-0.05, 0) is 24.2 Å². The molecule has 1 heterocycles. The van der Waals surface area contributed by atoms with Crippen molar-refractivity contribution in [2.24, 2.45) is 0 Å². The van der Waals surface area contributed by atoms with E-state index in [0.29, 0.717) is 6.73 Å². The fourth-order valence-corrected chi connectivity index (χ4v) is 1.95. The van der Waals surface area contributed by atoms with Gasteiger partial charge in [-0.25, -0.2) is 0 Å². The monoisotopic (exact) mass is 218 g/mol. The van der Waals surface area contributed by atoms with E-state index in [1.54, 1.807) is 7.11 Å². The largest absolute Gasteiger partial charge is 0.364 e. The van der Waals surface area contributed by atoms with E-state index < -0.39 is 0 Å². The molecule has 0 saturated heterocycles. The van der Waals surface area contributed by atoms with Crippen molar-refractivity contribution in [3.8, 4) is 0 Å². The maximum atomic E-state index is 5.16. The minimum atomic E-state index is 0.605. The van der Waals surface area contributed by atoms with Crippen LogP contribution in [0.5, 0.6) is 0 Å². The zero-order valence-corrected chi connectivity index (χ0v) is 9.86. The molecular formula is C13H18N2O. The second kappa shape index (κ2) is 5.14. The molecule has 1 aromatic heterocycles. The molecule has 0 atom stereocenters. The molecule has 0 fully saturated rings. The fourth-order valence-electron chi connectivity index (χ4n) is 1.95. The van der Waals surface area contributed by atoms with Crippen molar-refractivity contribution < 1.29 is 4.74 Å². The molecule has 0 radical (unpaired) electrons. The Morgan fingerprint density at radius 1 is 1.31 bits per heavy atom. The molecule has 2 aromatic rings. The van der Waals surface area contributed by atoms with Crippen LogP contribution in [0, 0.1) is 0 Å². The first kappa shape index (κ1) is 11.2. The molecule has 1 aromatic carbocycles. The standard InChI is InChI=1S/C13H18N2O/c1-3-14-9-11-5-4-6-13-12(11)7-8-15(13)10-16-2/h4-8,14H,3,9-10H2,1-2H3. The summed E-state index contributed by atoms with van der Waals surface area (Å²) >= 11 is 0. The highest BCUT2D eigenvalue weighted by atomic mass is 16.5. The third-order valence-corrected chi connectivity index (χ3v) is 2.74. The van der Waals surface area contributed by atoms with E-state index in [0.717, 1.165) is 13.1 Å². The molecule has 0 bridgehead atoms. The third-order valence-electron chi connectivity index (χ3n) is 2.74. The molecule has 86 valence electrons. The summed E-state index contributed by atoms with van der Waals surface area (Å²) in [6, 6.07) is 8.55. The van der Waals surface area contributed by atoms with Gasteiger partial charge in [0.1, 0.15) is 6.73 Å². The summed E-state index contributed by atoms with van der Waals surface area (Å²) < 4.78 is 7.28. The van der Waals surface area contributed by atoms with Crippen molar-refractivity contribution in [2.75, 3.05) is 13.7 Å². The van der Waals surface area contributed by atoms with Gasteiger partial charge < -0.3 is 14.6 Å². The number of hydrogen-bond acceptors (Lipinski definition) is 2. The van der Waals surface area contributed by atoms with Gasteiger partial charge in [-0.2, -0.15) is 0 Å². The summed E-state index contributed by atoms with van der Waals surface area (Å²) in [6.45, 7) is 4.64. The first-order chi connectivity index (χ1) is 7.86. The Bertz CT molecular complexity index is 462. The van der Waals surface area contributed by atoms with Crippen LogP contribution < -0.4 is 5.32 Å². The van der Waals surface area contributed by atoms with E-state index in [1.807, 2.05) is 0 Å². The average Bonchev–Trinajstić information content (AvgIpc) is 2.71. The van der Waals surface area contributed by atoms with E-state index >= 15 is 0 Å². The topological polar surface area (TPSA) is 26.2 Å². The van der Waals surface area contributed by atoms with Gasteiger partial charge >= 0.3 is 0 Å². The molecule has 1 N–H and O–H groups in total. The number of fused-ring (bicyclic) bond motifs is 1. The van der Waals surface area contributed by atoms with Gasteiger partial charge in [0.15, 0.2) is 0 Å². The highest BCUT2D eigenvalue weighted by Gasteiger charge is 2.04. The van der Waals surface area contributed by atoms with E-state index in [9.17, 15) is 0 Å². The molecule has 3 nitrogen and oxygen atoms in total. The van der Waals surface area contributed by atoms with Crippen molar-refractivity contribution in [3.63, 3.8) is 0 Å². The highest BCUT2D eigenvalue weighted by molar-refractivity contribution is 5.83. The lowest BCUT2D eigenvalue weighted by atomic mass is 10.1. The lowest BCUT2D eigenvalue weighted by Crippen LogP contribution is -2.11. The molecule has 3 heteroatoms. The van der Waals surface area contributed by atoms with Crippen LogP contribution in [0.3, 0.4) is 0 Å². The molecule has 0 aliphatic carbocycles. The maximum absolute atomic E-state index is 5.16. The molecule has 0 spiro atoms. The summed E-state index contributed by atoms with van der Waals surface area (Å²) in [5, 5.41) is 4.66. The SMILES string of the molecule is CCNCc1cccc2c1ccn2COC. The number of hydrogen-bond donors (Lipinski definition) is 1. The highest BCUT2D eigenvalue weighted by Crippen LogP contribution is 2.20. The molecule has 0 aliphatic heterocycles. The van der Waals surface area contributed by atoms with Crippen LogP contribution in [0.2, 0.25) is 0 Å². The minimum Gasteiger partial charge on any atom is -0.364 e. The van der Waals surface area contributed by atoms with Gasteiger partial charge in [0.2, 0.25) is 0 Å². The Balaban J connectivity index is 2.36. The second-order valence-corrected chi connectivity index (χ2v) is 3.83. The maximum Gasteiger partial charge on any atom is 0.122 e. The summed E-state index contributed by atoms with van der Waals surface area (Å²) in [6.07, 6.45) is 2.07. The van der Waals surface area contributed by atoms with Crippen molar-refractivity contribution in [3.05, 3.63) is 36.0 Å². The molecule has 0 aliphatic rings. The predicted octanol–water partition coefficient (Wildman–Crippen LogP) is 2.35. The number of nitrogens with zero attached hydrogens (tertiary/aromatic N) is 1. The zero-order valence-electron chi connectivity index (χ0n) is 9.86. The normalized spacial score (nSPS) is 11.1. The zero-order chi connectivity index (χ0) is 11.4. The molecular weight excluding hydrogens is 200 g/mol. The van der Waals surface area contributed by atoms with Crippen LogP contribution in [-0.4, -0.2) is 18.2 Å². The summed E-state index contributed by atoms with van der Waals surface area (Å²) in [4.78, 5) is 0. The summed E-state index contributed by atoms with van der Waals surface area (Å²) in [5.41, 5.74) is 2.58. The van der Waals surface area contributed by atoms with E-state index in [4.69, 9.17) is 4.74 Å². The number of methoxy groups -OCH3 is 1. The van der Waals surface area contributed by atoms with Crippen LogP contribution >= 0.6 is 0 Å². The molecule has 16 heavy (non-hydrogen) atoms. The number of ether oxygens (including phenoxy) is 1. The molecule has 2 rings (SSSR count). The minimum absolute atomic E-state index is 0.605. The van der Waals surface area contributed by atoms with Crippen LogP contribution in [0.25, 0.3) is 10.9 Å². The van der Waals surface area contributed by atoms with Crippen molar-refractivity contribution in [2.45, 2.75) is 20.2 Å². The van der Waals surface area contributed by atoms with Crippen LogP contribution in [0.1, 0.15) is 12.5 Å². The van der Waals surface area contributed by atoms with Crippen molar-refractivity contribution >= 4 is 10.9 Å². The summed E-state index contributed by atoms with van der Waals surface area (Å²) in [7, 11) is 1.72. The average molecular weight is 218 g/mol. The van der Waals surface area contributed by atoms with Gasteiger partial charge in [-0.1, -0.05) is 19.1 Å². The third kappa shape index (κ3) is 2.10. The Hall–Kier alpha value is -1.32. The Morgan fingerprint density at radius 3 is 2.94 bits per heavy atom. The van der Waals surface area contributed by atoms with Crippen LogP contribution in [0.15, 0.2) is 30.5 Å². The smallest absolute Gasteiger partial charge is 0.122 e. The number of rotatable bonds is 5. The lowest BCUT2D eigenvalue weighted by Gasteiger charge is -2.06. The molecule has 0 amide bonds. The first-order valence-corrected chi connectivity index (χ1v) is 5.63. The van der Waals surface area contributed by atoms with Crippen LogP contribution in [0.4, 0.5) is 0 Å². The van der Waals surface area contributed by atoms with E-state index in [2.05, 4.69) is 47.3 Å². The lowest BCUT2D eigenvalue weighted by molar-refractivity contribution is 0.135. The quantitative estimate of drug-likeness (QED) is 0.833. The van der Waals surface area contributed by atoms with Crippen molar-refractivity contribution in [1.29, 1.82) is 0 Å². The van der Waals surface area contributed by atoms with Gasteiger partial charge in [-0.15, -0.1) is 0 Å². The van der Waals surface area contributed by atoms with Gasteiger partial charge in [0.05, 0.1) is 5.52 Å². The fraction of sp³-hybridized carbons (Fsp3) is 0.385. The molecule has 0 unspecified atom stereocenters. The molecule has 0 saturated carbocycles. The van der Waals surface area contributed by atoms with Crippen molar-refractivity contribution in [1.82, 2.24) is 9.88 Å². The number of aromatic nitrogens is 1. The van der Waals surface area contributed by atoms with Gasteiger partial charge in [0.25, 0.3) is 0 Å². The number of benzene rings is 1. The summed E-state index contributed by atoms with van der Waals surface area (Å²) in [5.74, 6) is 0. The number of nitrogens with one attached hydrogen (secondary N) is 1. The van der Waals surface area contributed by atoms with Gasteiger partial charge in [-0.3, -0.25) is 0 Å². The second-order valence-electron chi connectivity index (χ2n) is 3.83. The Labute approximate surface area is 96.0 Å².